The summed E-state index contributed by atoms with van der Waals surface area (Å²) in [4.78, 5) is 4.66. The fourth-order valence-electron chi connectivity index (χ4n) is 2.65. The maximum Gasteiger partial charge on any atom is 0.137 e. The molecule has 0 radical (unpaired) electrons. The fourth-order valence-corrected chi connectivity index (χ4v) is 2.65. The van der Waals surface area contributed by atoms with E-state index in [1.165, 1.54) is 0 Å². The number of imidazole rings is 1. The first-order chi connectivity index (χ1) is 10.1. The van der Waals surface area contributed by atoms with E-state index in [-0.39, 0.29) is 0 Å². The van der Waals surface area contributed by atoms with Crippen LogP contribution in [0.5, 0.6) is 5.75 Å². The first kappa shape index (κ1) is 13.6. The number of aliphatic hydroxyl groups is 1. The summed E-state index contributed by atoms with van der Waals surface area (Å²) >= 11 is 0. The van der Waals surface area contributed by atoms with Crippen LogP contribution < -0.4 is 4.74 Å². The molecule has 1 N–H and O–H groups in total. The summed E-state index contributed by atoms with van der Waals surface area (Å²) < 4.78 is 7.23. The number of methoxy groups -OCH3 is 1. The van der Waals surface area contributed by atoms with Crippen LogP contribution >= 0.6 is 0 Å². The molecule has 0 aliphatic carbocycles. The molecule has 1 unspecified atom stereocenters. The lowest BCUT2D eigenvalue weighted by molar-refractivity contribution is 0.194. The van der Waals surface area contributed by atoms with Crippen molar-refractivity contribution in [2.75, 3.05) is 7.11 Å². The molecular formula is C17H18N2O2. The van der Waals surface area contributed by atoms with E-state index in [9.17, 15) is 5.11 Å². The smallest absolute Gasteiger partial charge is 0.137 e. The van der Waals surface area contributed by atoms with Gasteiger partial charge in [0, 0.05) is 11.8 Å². The second kappa shape index (κ2) is 5.22. The molecule has 108 valence electrons. The van der Waals surface area contributed by atoms with Crippen molar-refractivity contribution in [3.63, 3.8) is 0 Å². The number of benzene rings is 1. The first-order valence-corrected chi connectivity index (χ1v) is 6.92. The summed E-state index contributed by atoms with van der Waals surface area (Å²) in [6.07, 6.45) is 1.32. The van der Waals surface area contributed by atoms with Crippen LogP contribution in [0.25, 0.3) is 16.9 Å². The molecule has 1 atom stereocenters. The number of hydrogen-bond acceptors (Lipinski definition) is 3. The molecule has 21 heavy (non-hydrogen) atoms. The van der Waals surface area contributed by atoms with Crippen LogP contribution in [0.15, 0.2) is 42.6 Å². The molecule has 0 saturated carbocycles. The van der Waals surface area contributed by atoms with Gasteiger partial charge in [-0.2, -0.15) is 0 Å². The molecule has 0 saturated heterocycles. The second-order valence-corrected chi connectivity index (χ2v) is 5.13. The Labute approximate surface area is 123 Å². The van der Waals surface area contributed by atoms with E-state index in [1.807, 2.05) is 53.9 Å². The zero-order chi connectivity index (χ0) is 15.0. The number of fused-ring (bicyclic) bond motifs is 1. The summed E-state index contributed by atoms with van der Waals surface area (Å²) in [5.41, 5.74) is 4.46. The number of aryl methyl sites for hydroxylation is 1. The number of ether oxygens (including phenoxy) is 1. The summed E-state index contributed by atoms with van der Waals surface area (Å²) in [5.74, 6) is 0.848. The van der Waals surface area contributed by atoms with E-state index < -0.39 is 6.10 Å². The van der Waals surface area contributed by atoms with Gasteiger partial charge in [0.2, 0.25) is 0 Å². The zero-order valence-corrected chi connectivity index (χ0v) is 12.4. The van der Waals surface area contributed by atoms with Gasteiger partial charge >= 0.3 is 0 Å². The average molecular weight is 282 g/mol. The highest BCUT2D eigenvalue weighted by Gasteiger charge is 2.18. The van der Waals surface area contributed by atoms with Crippen molar-refractivity contribution in [1.29, 1.82) is 0 Å². The highest BCUT2D eigenvalue weighted by atomic mass is 16.5. The number of aromatic nitrogens is 2. The monoisotopic (exact) mass is 282 g/mol. The van der Waals surface area contributed by atoms with Crippen molar-refractivity contribution < 1.29 is 9.84 Å². The molecule has 4 nitrogen and oxygen atoms in total. The minimum atomic E-state index is -0.597. The van der Waals surface area contributed by atoms with E-state index in [0.29, 0.717) is 0 Å². The molecule has 2 aromatic heterocycles. The van der Waals surface area contributed by atoms with Gasteiger partial charge in [-0.1, -0.05) is 6.07 Å². The minimum Gasteiger partial charge on any atom is -0.496 e. The van der Waals surface area contributed by atoms with Gasteiger partial charge in [-0.15, -0.1) is 0 Å². The Morgan fingerprint density at radius 2 is 2.05 bits per heavy atom. The van der Waals surface area contributed by atoms with Crippen LogP contribution in [0.3, 0.4) is 0 Å². The molecule has 0 spiro atoms. The topological polar surface area (TPSA) is 46.8 Å². The van der Waals surface area contributed by atoms with Gasteiger partial charge in [0.1, 0.15) is 11.4 Å². The van der Waals surface area contributed by atoms with Gasteiger partial charge in [0.25, 0.3) is 0 Å². The molecule has 3 aromatic rings. The predicted octanol–water partition coefficient (Wildman–Crippen LogP) is 3.37. The van der Waals surface area contributed by atoms with E-state index in [2.05, 4.69) is 4.98 Å². The molecule has 4 heteroatoms. The van der Waals surface area contributed by atoms with Crippen molar-refractivity contribution in [2.24, 2.45) is 0 Å². The molecule has 0 bridgehead atoms. The average Bonchev–Trinajstić information content (AvgIpc) is 2.86. The summed E-state index contributed by atoms with van der Waals surface area (Å²) in [5, 5.41) is 10.1. The molecule has 3 rings (SSSR count). The van der Waals surface area contributed by atoms with Gasteiger partial charge in [0.15, 0.2) is 0 Å². The van der Waals surface area contributed by atoms with Crippen LogP contribution in [0.1, 0.15) is 24.3 Å². The van der Waals surface area contributed by atoms with Crippen molar-refractivity contribution in [3.8, 4) is 17.0 Å². The van der Waals surface area contributed by atoms with Gasteiger partial charge in [0.05, 0.1) is 24.6 Å². The van der Waals surface area contributed by atoms with Gasteiger partial charge in [-0.3, -0.25) is 0 Å². The third-order valence-electron chi connectivity index (χ3n) is 3.63. The fraction of sp³-hybridized carbons (Fsp3) is 0.235. The molecule has 0 aliphatic rings. The largest absolute Gasteiger partial charge is 0.496 e. The minimum absolute atomic E-state index is 0.597. The number of nitrogens with zero attached hydrogens (tertiary/aromatic N) is 2. The lowest BCUT2D eigenvalue weighted by Gasteiger charge is -2.10. The Hall–Kier alpha value is -2.33. The maximum atomic E-state index is 10.1. The van der Waals surface area contributed by atoms with Crippen LogP contribution in [-0.2, 0) is 0 Å². The van der Waals surface area contributed by atoms with Gasteiger partial charge < -0.3 is 14.2 Å². The van der Waals surface area contributed by atoms with Crippen LogP contribution in [0.2, 0.25) is 0 Å². The highest BCUT2D eigenvalue weighted by molar-refractivity contribution is 5.68. The zero-order valence-electron chi connectivity index (χ0n) is 12.4. The van der Waals surface area contributed by atoms with Gasteiger partial charge in [-0.25, -0.2) is 4.98 Å². The Morgan fingerprint density at radius 3 is 2.71 bits per heavy atom. The van der Waals surface area contributed by atoms with Crippen LogP contribution in [0, 0.1) is 6.92 Å². The second-order valence-electron chi connectivity index (χ2n) is 5.13. The quantitative estimate of drug-likeness (QED) is 0.801. The van der Waals surface area contributed by atoms with Gasteiger partial charge in [-0.05, 0) is 49.7 Å². The number of pyridine rings is 1. The highest BCUT2D eigenvalue weighted by Crippen LogP contribution is 2.31. The third kappa shape index (κ3) is 2.28. The van der Waals surface area contributed by atoms with Crippen LogP contribution in [0.4, 0.5) is 0 Å². The van der Waals surface area contributed by atoms with Crippen molar-refractivity contribution in [2.45, 2.75) is 20.0 Å². The summed E-state index contributed by atoms with van der Waals surface area (Å²) in [7, 11) is 1.66. The molecule has 2 heterocycles. The SMILES string of the molecule is COc1ccc(-c2nc3ccccn3c2C(C)O)cc1C. The Morgan fingerprint density at radius 1 is 1.24 bits per heavy atom. The van der Waals surface area contributed by atoms with E-state index in [4.69, 9.17) is 4.74 Å². The number of aliphatic hydroxyl groups excluding tert-OH is 1. The maximum absolute atomic E-state index is 10.1. The molecule has 0 fully saturated rings. The van der Waals surface area contributed by atoms with E-state index in [1.54, 1.807) is 14.0 Å². The molecule has 0 aliphatic heterocycles. The lowest BCUT2D eigenvalue weighted by atomic mass is 10.0. The molecular weight excluding hydrogens is 264 g/mol. The summed E-state index contributed by atoms with van der Waals surface area (Å²) in [6.45, 7) is 3.76. The Bertz CT molecular complexity index is 791. The van der Waals surface area contributed by atoms with Crippen molar-refractivity contribution in [3.05, 3.63) is 53.9 Å². The van der Waals surface area contributed by atoms with E-state index in [0.717, 1.165) is 33.9 Å². The lowest BCUT2D eigenvalue weighted by Crippen LogP contribution is -1.99. The summed E-state index contributed by atoms with van der Waals surface area (Å²) in [6, 6.07) is 11.7. The Kier molecular flexibility index (Phi) is 3.39. The number of hydrogen-bond donors (Lipinski definition) is 1. The predicted molar refractivity (Wildman–Crippen MR) is 82.6 cm³/mol. The van der Waals surface area contributed by atoms with E-state index >= 15 is 0 Å². The Balaban J connectivity index is 2.24. The molecule has 1 aromatic carbocycles. The molecule has 0 amide bonds. The van der Waals surface area contributed by atoms with Crippen molar-refractivity contribution in [1.82, 2.24) is 9.38 Å². The third-order valence-corrected chi connectivity index (χ3v) is 3.63. The van der Waals surface area contributed by atoms with Crippen molar-refractivity contribution >= 4 is 5.65 Å². The first-order valence-electron chi connectivity index (χ1n) is 6.92. The standard InChI is InChI=1S/C17H18N2O2/c1-11-10-13(7-8-14(11)21-3)16-17(12(2)20)19-9-5-4-6-15(19)18-16/h4-10,12,20H,1-3H3. The normalized spacial score (nSPS) is 12.6. The van der Waals surface area contributed by atoms with Crippen LogP contribution in [-0.4, -0.2) is 21.6 Å². The number of rotatable bonds is 3.